The van der Waals surface area contributed by atoms with E-state index in [1.165, 1.54) is 11.3 Å². The van der Waals surface area contributed by atoms with Crippen molar-refractivity contribution in [3.05, 3.63) is 35.9 Å². The summed E-state index contributed by atoms with van der Waals surface area (Å²) in [6.45, 7) is 1.58. The highest BCUT2D eigenvalue weighted by atomic mass is 32.2. The van der Waals surface area contributed by atoms with Gasteiger partial charge in [0.25, 0.3) is 0 Å². The Morgan fingerprint density at radius 2 is 2.20 bits per heavy atom. The van der Waals surface area contributed by atoms with Crippen molar-refractivity contribution in [2.24, 2.45) is 0 Å². The smallest absolute Gasteiger partial charge is 0.0717 e. The molecule has 0 bridgehead atoms. The van der Waals surface area contributed by atoms with Crippen molar-refractivity contribution in [2.45, 2.75) is 12.6 Å². The summed E-state index contributed by atoms with van der Waals surface area (Å²) >= 11 is 1.98. The molecule has 1 saturated heterocycles. The van der Waals surface area contributed by atoms with Gasteiger partial charge in [-0.3, -0.25) is 4.90 Å². The van der Waals surface area contributed by atoms with E-state index < -0.39 is 0 Å². The van der Waals surface area contributed by atoms with Gasteiger partial charge in [0, 0.05) is 17.7 Å². The lowest BCUT2D eigenvalue weighted by Gasteiger charge is -2.18. The third-order valence-corrected chi connectivity index (χ3v) is 3.86. The first-order chi connectivity index (χ1) is 7.36. The summed E-state index contributed by atoms with van der Waals surface area (Å²) in [4.78, 5) is 2.36. The van der Waals surface area contributed by atoms with Gasteiger partial charge in [-0.1, -0.05) is 30.3 Å². The van der Waals surface area contributed by atoms with Crippen LogP contribution in [0.4, 0.5) is 0 Å². The minimum atomic E-state index is 0.596. The fourth-order valence-corrected chi connectivity index (χ4v) is 2.85. The largest absolute Gasteiger partial charge is 0.375 e. The molecular formula is C12H17NOS. The van der Waals surface area contributed by atoms with Crippen LogP contribution in [0.5, 0.6) is 0 Å². The first-order valence-corrected chi connectivity index (χ1v) is 6.41. The Kier molecular flexibility index (Phi) is 4.06. The summed E-state index contributed by atoms with van der Waals surface area (Å²) < 4.78 is 5.72. The van der Waals surface area contributed by atoms with Crippen LogP contribution in [0.1, 0.15) is 5.56 Å². The summed E-state index contributed by atoms with van der Waals surface area (Å²) in [7, 11) is 2.16. The Morgan fingerprint density at radius 1 is 1.40 bits per heavy atom. The second-order valence-corrected chi connectivity index (χ2v) is 4.91. The Morgan fingerprint density at radius 3 is 2.87 bits per heavy atom. The maximum absolute atomic E-state index is 5.72. The summed E-state index contributed by atoms with van der Waals surface area (Å²) in [5, 5.41) is 0. The van der Waals surface area contributed by atoms with E-state index in [4.69, 9.17) is 4.74 Å². The van der Waals surface area contributed by atoms with Crippen LogP contribution >= 0.6 is 11.8 Å². The quantitative estimate of drug-likeness (QED) is 0.776. The summed E-state index contributed by atoms with van der Waals surface area (Å²) in [5.41, 5.74) is 1.26. The summed E-state index contributed by atoms with van der Waals surface area (Å²) in [6, 6.07) is 10.9. The molecule has 1 unspecified atom stereocenters. The van der Waals surface area contributed by atoms with Crippen molar-refractivity contribution >= 4 is 11.8 Å². The van der Waals surface area contributed by atoms with Crippen molar-refractivity contribution in [1.29, 1.82) is 0 Å². The maximum atomic E-state index is 5.72. The van der Waals surface area contributed by atoms with Gasteiger partial charge in [0.05, 0.1) is 13.2 Å². The van der Waals surface area contributed by atoms with Crippen molar-refractivity contribution < 1.29 is 4.74 Å². The highest BCUT2D eigenvalue weighted by molar-refractivity contribution is 7.99. The Hall–Kier alpha value is -0.510. The third kappa shape index (κ3) is 3.23. The van der Waals surface area contributed by atoms with Crippen molar-refractivity contribution in [3.63, 3.8) is 0 Å². The highest BCUT2D eigenvalue weighted by Gasteiger charge is 2.20. The first kappa shape index (κ1) is 11.0. The number of likely N-dealkylation sites (N-methyl/N-ethyl adjacent to an activating group) is 1. The molecule has 2 rings (SSSR count). The standard InChI is InChI=1S/C12H17NOS/c1-13-10-15-9-12(13)8-14-7-11-5-3-2-4-6-11/h2-6,12H,7-10H2,1H3. The Labute approximate surface area is 95.6 Å². The van der Waals surface area contributed by atoms with E-state index in [0.29, 0.717) is 6.04 Å². The van der Waals surface area contributed by atoms with Gasteiger partial charge in [-0.15, -0.1) is 11.8 Å². The van der Waals surface area contributed by atoms with Gasteiger partial charge < -0.3 is 4.74 Å². The predicted molar refractivity (Wildman–Crippen MR) is 65.0 cm³/mol. The summed E-state index contributed by atoms with van der Waals surface area (Å²) in [6.07, 6.45) is 0. The number of benzene rings is 1. The molecule has 3 heteroatoms. The lowest BCUT2D eigenvalue weighted by molar-refractivity contribution is 0.0784. The average Bonchev–Trinajstić information content (AvgIpc) is 2.66. The predicted octanol–water partition coefficient (Wildman–Crippen LogP) is 2.21. The monoisotopic (exact) mass is 223 g/mol. The zero-order valence-electron chi connectivity index (χ0n) is 9.06. The minimum absolute atomic E-state index is 0.596. The molecule has 0 aromatic heterocycles. The molecule has 15 heavy (non-hydrogen) atoms. The van der Waals surface area contributed by atoms with Gasteiger partial charge in [-0.25, -0.2) is 0 Å². The van der Waals surface area contributed by atoms with Crippen LogP contribution in [0.2, 0.25) is 0 Å². The normalized spacial score (nSPS) is 22.1. The molecule has 0 amide bonds. The van der Waals surface area contributed by atoms with Crippen LogP contribution in [-0.4, -0.2) is 36.2 Å². The molecule has 0 saturated carbocycles. The van der Waals surface area contributed by atoms with E-state index in [2.05, 4.69) is 36.2 Å². The molecule has 0 aliphatic carbocycles. The van der Waals surface area contributed by atoms with Crippen LogP contribution in [-0.2, 0) is 11.3 Å². The first-order valence-electron chi connectivity index (χ1n) is 5.26. The molecule has 1 atom stereocenters. The zero-order valence-corrected chi connectivity index (χ0v) is 9.87. The molecule has 1 heterocycles. The lowest BCUT2D eigenvalue weighted by atomic mass is 10.2. The highest BCUT2D eigenvalue weighted by Crippen LogP contribution is 2.18. The number of thioether (sulfide) groups is 1. The van der Waals surface area contributed by atoms with Crippen molar-refractivity contribution in [3.8, 4) is 0 Å². The van der Waals surface area contributed by atoms with Crippen LogP contribution in [0.15, 0.2) is 30.3 Å². The van der Waals surface area contributed by atoms with Crippen molar-refractivity contribution in [2.75, 3.05) is 25.3 Å². The van der Waals surface area contributed by atoms with Crippen LogP contribution in [0.3, 0.4) is 0 Å². The van der Waals surface area contributed by atoms with Gasteiger partial charge >= 0.3 is 0 Å². The molecule has 0 radical (unpaired) electrons. The number of rotatable bonds is 4. The molecule has 1 aliphatic heterocycles. The molecule has 0 spiro atoms. The van der Waals surface area contributed by atoms with E-state index in [1.54, 1.807) is 0 Å². The maximum Gasteiger partial charge on any atom is 0.0717 e. The van der Waals surface area contributed by atoms with E-state index in [0.717, 1.165) is 19.1 Å². The molecule has 1 aromatic carbocycles. The SMILES string of the molecule is CN1CSCC1COCc1ccccc1. The fourth-order valence-electron chi connectivity index (χ4n) is 1.63. The summed E-state index contributed by atoms with van der Waals surface area (Å²) in [5.74, 6) is 2.34. The Bertz CT molecular complexity index is 291. The number of ether oxygens (including phenoxy) is 1. The molecule has 1 fully saturated rings. The molecular weight excluding hydrogens is 206 g/mol. The van der Waals surface area contributed by atoms with E-state index in [9.17, 15) is 0 Å². The van der Waals surface area contributed by atoms with Gasteiger partial charge in [-0.05, 0) is 12.6 Å². The lowest BCUT2D eigenvalue weighted by Crippen LogP contribution is -2.31. The van der Waals surface area contributed by atoms with E-state index >= 15 is 0 Å². The second-order valence-electron chi connectivity index (χ2n) is 3.91. The van der Waals surface area contributed by atoms with Crippen LogP contribution in [0, 0.1) is 0 Å². The number of hydrogen-bond donors (Lipinski definition) is 0. The van der Waals surface area contributed by atoms with Gasteiger partial charge in [-0.2, -0.15) is 0 Å². The third-order valence-electron chi connectivity index (χ3n) is 2.65. The topological polar surface area (TPSA) is 12.5 Å². The second kappa shape index (κ2) is 5.54. The average molecular weight is 223 g/mol. The molecule has 82 valence electrons. The number of nitrogens with zero attached hydrogens (tertiary/aromatic N) is 1. The van der Waals surface area contributed by atoms with Gasteiger partial charge in [0.1, 0.15) is 0 Å². The number of hydrogen-bond acceptors (Lipinski definition) is 3. The molecule has 1 aromatic rings. The van der Waals surface area contributed by atoms with E-state index in [1.807, 2.05) is 17.8 Å². The minimum Gasteiger partial charge on any atom is -0.375 e. The van der Waals surface area contributed by atoms with Crippen molar-refractivity contribution in [1.82, 2.24) is 4.90 Å². The fraction of sp³-hybridized carbons (Fsp3) is 0.500. The molecule has 1 aliphatic rings. The van der Waals surface area contributed by atoms with Gasteiger partial charge in [0.15, 0.2) is 0 Å². The molecule has 0 N–H and O–H groups in total. The molecule has 2 nitrogen and oxygen atoms in total. The van der Waals surface area contributed by atoms with E-state index in [-0.39, 0.29) is 0 Å². The Balaban J connectivity index is 1.71. The van der Waals surface area contributed by atoms with Crippen LogP contribution < -0.4 is 0 Å². The van der Waals surface area contributed by atoms with Crippen LogP contribution in [0.25, 0.3) is 0 Å². The van der Waals surface area contributed by atoms with Gasteiger partial charge in [0.2, 0.25) is 0 Å². The zero-order chi connectivity index (χ0) is 10.5.